The zero-order valence-electron chi connectivity index (χ0n) is 10.4. The van der Waals surface area contributed by atoms with Gasteiger partial charge in [0.05, 0.1) is 28.6 Å². The van der Waals surface area contributed by atoms with Crippen LogP contribution in [-0.2, 0) is 6.54 Å². The third kappa shape index (κ3) is 2.90. The van der Waals surface area contributed by atoms with Crippen LogP contribution >= 0.6 is 11.6 Å². The average Bonchev–Trinajstić information content (AvgIpc) is 2.37. The van der Waals surface area contributed by atoms with Crippen LogP contribution in [0.3, 0.4) is 0 Å². The quantitative estimate of drug-likeness (QED) is 0.920. The molecule has 1 aromatic carbocycles. The maximum atomic E-state index is 6.20. The van der Waals surface area contributed by atoms with E-state index in [0.29, 0.717) is 6.54 Å². The van der Waals surface area contributed by atoms with Crippen LogP contribution in [0.15, 0.2) is 36.8 Å². The molecule has 0 aliphatic heterocycles. The van der Waals surface area contributed by atoms with Crippen molar-refractivity contribution in [3.05, 3.63) is 47.5 Å². The van der Waals surface area contributed by atoms with Gasteiger partial charge in [0.1, 0.15) is 6.33 Å². The molecule has 1 N–H and O–H groups in total. The lowest BCUT2D eigenvalue weighted by Gasteiger charge is -2.19. The second-order valence-corrected chi connectivity index (χ2v) is 4.49. The molecule has 0 aliphatic carbocycles. The van der Waals surface area contributed by atoms with Gasteiger partial charge >= 0.3 is 0 Å². The molecular weight excluding hydrogens is 248 g/mol. The normalized spacial score (nSPS) is 10.2. The van der Waals surface area contributed by atoms with Gasteiger partial charge in [0.2, 0.25) is 0 Å². The van der Waals surface area contributed by atoms with Gasteiger partial charge in [-0.1, -0.05) is 17.7 Å². The Bertz CT molecular complexity index is 514. The number of benzene rings is 1. The molecule has 0 fully saturated rings. The fourth-order valence-corrected chi connectivity index (χ4v) is 2.06. The van der Waals surface area contributed by atoms with Gasteiger partial charge in [0, 0.05) is 20.3 Å². The van der Waals surface area contributed by atoms with Gasteiger partial charge in [-0.3, -0.25) is 0 Å². The predicted molar refractivity (Wildman–Crippen MR) is 75.1 cm³/mol. The molecule has 0 saturated carbocycles. The largest absolute Gasteiger partial charge is 0.378 e. The van der Waals surface area contributed by atoms with E-state index in [1.54, 1.807) is 12.5 Å². The Balaban J connectivity index is 2.17. The third-order valence-corrected chi connectivity index (χ3v) is 2.84. The van der Waals surface area contributed by atoms with E-state index in [4.69, 9.17) is 11.6 Å². The van der Waals surface area contributed by atoms with Crippen molar-refractivity contribution in [2.75, 3.05) is 24.3 Å². The van der Waals surface area contributed by atoms with Gasteiger partial charge in [-0.25, -0.2) is 9.97 Å². The number of hydrogen-bond acceptors (Lipinski definition) is 4. The highest BCUT2D eigenvalue weighted by atomic mass is 35.5. The van der Waals surface area contributed by atoms with Crippen LogP contribution < -0.4 is 10.2 Å². The molecule has 0 atom stereocenters. The summed E-state index contributed by atoms with van der Waals surface area (Å²) in [4.78, 5) is 10.1. The molecule has 0 amide bonds. The molecule has 1 aromatic heterocycles. The fourth-order valence-electron chi connectivity index (χ4n) is 1.72. The lowest BCUT2D eigenvalue weighted by molar-refractivity contribution is 1.00. The van der Waals surface area contributed by atoms with Crippen LogP contribution in [0.5, 0.6) is 0 Å². The Hall–Kier alpha value is -1.81. The van der Waals surface area contributed by atoms with Gasteiger partial charge < -0.3 is 10.2 Å². The lowest BCUT2D eigenvalue weighted by Crippen LogP contribution is -2.13. The highest BCUT2D eigenvalue weighted by Crippen LogP contribution is 2.32. The van der Waals surface area contributed by atoms with E-state index in [0.717, 1.165) is 22.1 Å². The molecule has 0 bridgehead atoms. The van der Waals surface area contributed by atoms with E-state index in [2.05, 4.69) is 15.3 Å². The number of rotatable bonds is 4. The summed E-state index contributed by atoms with van der Waals surface area (Å²) in [5.74, 6) is 0. The molecule has 0 aliphatic rings. The zero-order chi connectivity index (χ0) is 13.0. The molecule has 1 heterocycles. The van der Waals surface area contributed by atoms with E-state index in [1.807, 2.05) is 43.3 Å². The van der Waals surface area contributed by atoms with Crippen molar-refractivity contribution in [3.8, 4) is 0 Å². The highest BCUT2D eigenvalue weighted by Gasteiger charge is 2.08. The molecule has 5 heteroatoms. The average molecular weight is 263 g/mol. The summed E-state index contributed by atoms with van der Waals surface area (Å²) in [6, 6.07) is 7.69. The molecule has 94 valence electrons. The molecule has 4 nitrogen and oxygen atoms in total. The Morgan fingerprint density at radius 1 is 1.28 bits per heavy atom. The monoisotopic (exact) mass is 262 g/mol. The standard InChI is InChI=1S/C13H15ClN4/c1-18(2)13-11(14)4-3-5-12(13)16-8-10-6-7-15-9-17-10/h3-7,9,16H,8H2,1-2H3. The number of para-hydroxylation sites is 1. The maximum absolute atomic E-state index is 6.20. The fraction of sp³-hybridized carbons (Fsp3) is 0.231. The minimum absolute atomic E-state index is 0.643. The summed E-state index contributed by atoms with van der Waals surface area (Å²) in [5.41, 5.74) is 2.91. The summed E-state index contributed by atoms with van der Waals surface area (Å²) in [5, 5.41) is 4.06. The van der Waals surface area contributed by atoms with E-state index in [-0.39, 0.29) is 0 Å². The second kappa shape index (κ2) is 5.69. The first kappa shape index (κ1) is 12.6. The van der Waals surface area contributed by atoms with Crippen LogP contribution in [-0.4, -0.2) is 24.1 Å². The van der Waals surface area contributed by atoms with Gasteiger partial charge in [-0.2, -0.15) is 0 Å². The number of hydrogen-bond donors (Lipinski definition) is 1. The smallest absolute Gasteiger partial charge is 0.115 e. The number of aromatic nitrogens is 2. The van der Waals surface area contributed by atoms with Crippen LogP contribution in [0.25, 0.3) is 0 Å². The Kier molecular flexibility index (Phi) is 3.99. The molecule has 2 rings (SSSR count). The van der Waals surface area contributed by atoms with Crippen molar-refractivity contribution in [2.45, 2.75) is 6.54 Å². The van der Waals surface area contributed by atoms with Crippen molar-refractivity contribution < 1.29 is 0 Å². The van der Waals surface area contributed by atoms with E-state index < -0.39 is 0 Å². The van der Waals surface area contributed by atoms with E-state index in [9.17, 15) is 0 Å². The van der Waals surface area contributed by atoms with Crippen LogP contribution in [0.1, 0.15) is 5.69 Å². The Labute approximate surface area is 112 Å². The summed E-state index contributed by atoms with van der Waals surface area (Å²) >= 11 is 6.20. The summed E-state index contributed by atoms with van der Waals surface area (Å²) in [6.45, 7) is 0.643. The maximum Gasteiger partial charge on any atom is 0.115 e. The first-order valence-corrected chi connectivity index (χ1v) is 6.01. The molecule has 0 radical (unpaired) electrons. The molecule has 0 spiro atoms. The van der Waals surface area contributed by atoms with Crippen molar-refractivity contribution in [3.63, 3.8) is 0 Å². The van der Waals surface area contributed by atoms with E-state index in [1.165, 1.54) is 0 Å². The zero-order valence-corrected chi connectivity index (χ0v) is 11.1. The van der Waals surface area contributed by atoms with Crippen LogP contribution in [0.4, 0.5) is 11.4 Å². The molecule has 18 heavy (non-hydrogen) atoms. The second-order valence-electron chi connectivity index (χ2n) is 4.08. The van der Waals surface area contributed by atoms with E-state index >= 15 is 0 Å². The number of anilines is 2. The van der Waals surface area contributed by atoms with Crippen molar-refractivity contribution in [2.24, 2.45) is 0 Å². The lowest BCUT2D eigenvalue weighted by atomic mass is 10.2. The van der Waals surface area contributed by atoms with Gasteiger partial charge in [-0.15, -0.1) is 0 Å². The minimum atomic E-state index is 0.643. The first-order chi connectivity index (χ1) is 8.68. The third-order valence-electron chi connectivity index (χ3n) is 2.54. The molecule has 0 saturated heterocycles. The first-order valence-electron chi connectivity index (χ1n) is 5.63. The number of nitrogens with one attached hydrogen (secondary N) is 1. The SMILES string of the molecule is CN(C)c1c(Cl)cccc1NCc1ccncn1. The summed E-state index contributed by atoms with van der Waals surface area (Å²) < 4.78 is 0. The Morgan fingerprint density at radius 3 is 2.78 bits per heavy atom. The number of halogens is 1. The summed E-state index contributed by atoms with van der Waals surface area (Å²) in [6.07, 6.45) is 3.27. The number of nitrogens with zero attached hydrogens (tertiary/aromatic N) is 3. The molecule has 0 unspecified atom stereocenters. The van der Waals surface area contributed by atoms with Gasteiger partial charge in [0.15, 0.2) is 0 Å². The van der Waals surface area contributed by atoms with Crippen molar-refractivity contribution in [1.82, 2.24) is 9.97 Å². The minimum Gasteiger partial charge on any atom is -0.378 e. The van der Waals surface area contributed by atoms with Crippen LogP contribution in [0, 0.1) is 0 Å². The van der Waals surface area contributed by atoms with Gasteiger partial charge in [-0.05, 0) is 18.2 Å². The highest BCUT2D eigenvalue weighted by molar-refractivity contribution is 6.34. The Morgan fingerprint density at radius 2 is 2.11 bits per heavy atom. The van der Waals surface area contributed by atoms with Gasteiger partial charge in [0.25, 0.3) is 0 Å². The molecule has 2 aromatic rings. The van der Waals surface area contributed by atoms with Crippen molar-refractivity contribution in [1.29, 1.82) is 0 Å². The predicted octanol–water partition coefficient (Wildman–Crippen LogP) is 2.81. The molecular formula is C13H15ClN4. The summed E-state index contributed by atoms with van der Waals surface area (Å²) in [7, 11) is 3.94. The van der Waals surface area contributed by atoms with Crippen molar-refractivity contribution >= 4 is 23.0 Å². The van der Waals surface area contributed by atoms with Crippen LogP contribution in [0.2, 0.25) is 5.02 Å². The topological polar surface area (TPSA) is 41.0 Å².